The van der Waals surface area contributed by atoms with Gasteiger partial charge in [0.05, 0.1) is 16.3 Å². The number of amides is 3. The van der Waals surface area contributed by atoms with Crippen LogP contribution >= 0.6 is 23.2 Å². The van der Waals surface area contributed by atoms with Crippen LogP contribution in [-0.2, 0) is 4.79 Å². The van der Waals surface area contributed by atoms with Gasteiger partial charge in [0.2, 0.25) is 5.91 Å². The fourth-order valence-corrected chi connectivity index (χ4v) is 3.85. The molecular formula is C26H21Cl2F4N3O4. The molecule has 0 heterocycles. The predicted molar refractivity (Wildman–Crippen MR) is 139 cm³/mol. The minimum absolute atomic E-state index is 0.159. The lowest BCUT2D eigenvalue weighted by Crippen LogP contribution is -2.33. The van der Waals surface area contributed by atoms with E-state index in [0.29, 0.717) is 0 Å². The average Bonchev–Trinajstić information content (AvgIpc) is 2.85. The summed E-state index contributed by atoms with van der Waals surface area (Å²) in [5.74, 6) is -3.03. The number of benzene rings is 3. The molecule has 0 aliphatic carbocycles. The van der Waals surface area contributed by atoms with Crippen molar-refractivity contribution >= 4 is 46.6 Å². The summed E-state index contributed by atoms with van der Waals surface area (Å²) in [6.45, 7) is 0.0367. The van der Waals surface area contributed by atoms with Crippen molar-refractivity contribution in [3.8, 4) is 16.9 Å². The van der Waals surface area contributed by atoms with E-state index in [1.165, 1.54) is 55.5 Å². The Labute approximate surface area is 230 Å². The molecule has 0 aromatic heterocycles. The first kappa shape index (κ1) is 29.7. The fraction of sp³-hybridized carbons (Fsp3) is 0.192. The maximum atomic E-state index is 14.2. The van der Waals surface area contributed by atoms with E-state index < -0.39 is 36.0 Å². The molecule has 0 saturated heterocycles. The molecule has 3 aromatic carbocycles. The van der Waals surface area contributed by atoms with Gasteiger partial charge in [-0.1, -0.05) is 35.3 Å². The highest BCUT2D eigenvalue weighted by atomic mass is 35.5. The van der Waals surface area contributed by atoms with Crippen molar-refractivity contribution in [2.24, 2.45) is 0 Å². The zero-order valence-corrected chi connectivity index (χ0v) is 21.7. The molecule has 3 aromatic rings. The van der Waals surface area contributed by atoms with Crippen molar-refractivity contribution < 1.29 is 36.7 Å². The SMILES string of the molecule is CC(=O)NCCNC(=O)c1ccc(Cl)c(-c2ccc(NC(=O)c3c(F)cccc3Cl)c(OCC(F)(F)F)c2)c1. The molecule has 0 unspecified atom stereocenters. The normalized spacial score (nSPS) is 11.1. The van der Waals surface area contributed by atoms with Crippen LogP contribution in [0.4, 0.5) is 23.2 Å². The summed E-state index contributed by atoms with van der Waals surface area (Å²) >= 11 is 12.2. The maximum absolute atomic E-state index is 14.2. The Bertz CT molecular complexity index is 1380. The predicted octanol–water partition coefficient (Wildman–Crippen LogP) is 5.86. The average molecular weight is 586 g/mol. The lowest BCUT2D eigenvalue weighted by atomic mass is 10.0. The molecule has 0 spiro atoms. The van der Waals surface area contributed by atoms with Crippen molar-refractivity contribution in [2.75, 3.05) is 25.0 Å². The monoisotopic (exact) mass is 585 g/mol. The Hall–Kier alpha value is -3.83. The van der Waals surface area contributed by atoms with Crippen LogP contribution in [0.1, 0.15) is 27.6 Å². The van der Waals surface area contributed by atoms with Gasteiger partial charge in [0.1, 0.15) is 11.6 Å². The van der Waals surface area contributed by atoms with Crippen LogP contribution in [-0.4, -0.2) is 43.6 Å². The van der Waals surface area contributed by atoms with Crippen molar-refractivity contribution in [3.05, 3.63) is 81.6 Å². The van der Waals surface area contributed by atoms with Gasteiger partial charge in [0.25, 0.3) is 11.8 Å². The van der Waals surface area contributed by atoms with Gasteiger partial charge < -0.3 is 20.7 Å². The molecule has 0 fully saturated rings. The molecule has 0 saturated carbocycles. The van der Waals surface area contributed by atoms with Crippen LogP contribution < -0.4 is 20.7 Å². The number of alkyl halides is 3. The molecule has 0 bridgehead atoms. The number of nitrogens with one attached hydrogen (secondary N) is 3. The van der Waals surface area contributed by atoms with Gasteiger partial charge in [0.15, 0.2) is 6.61 Å². The van der Waals surface area contributed by atoms with Crippen LogP contribution in [0.15, 0.2) is 54.6 Å². The second-order valence-corrected chi connectivity index (χ2v) is 8.91. The van der Waals surface area contributed by atoms with Crippen LogP contribution in [0, 0.1) is 5.82 Å². The van der Waals surface area contributed by atoms with Gasteiger partial charge in [-0.3, -0.25) is 14.4 Å². The highest BCUT2D eigenvalue weighted by molar-refractivity contribution is 6.34. The number of carbonyl (C=O) groups excluding carboxylic acids is 3. The summed E-state index contributed by atoms with van der Waals surface area (Å²) in [5, 5.41) is 7.47. The quantitative estimate of drug-likeness (QED) is 0.216. The molecule has 3 N–H and O–H groups in total. The fourth-order valence-electron chi connectivity index (χ4n) is 3.38. The van der Waals surface area contributed by atoms with E-state index in [2.05, 4.69) is 16.0 Å². The van der Waals surface area contributed by atoms with Crippen LogP contribution in [0.2, 0.25) is 10.0 Å². The number of halogens is 6. The smallest absolute Gasteiger partial charge is 0.422 e. The molecule has 39 heavy (non-hydrogen) atoms. The van der Waals surface area contributed by atoms with Gasteiger partial charge >= 0.3 is 6.18 Å². The maximum Gasteiger partial charge on any atom is 0.422 e. The van der Waals surface area contributed by atoms with E-state index in [0.717, 1.165) is 6.07 Å². The summed E-state index contributed by atoms with van der Waals surface area (Å²) in [6, 6.07) is 11.8. The summed E-state index contributed by atoms with van der Waals surface area (Å²) in [5.41, 5.74) is 0.0761. The van der Waals surface area contributed by atoms with Crippen molar-refractivity contribution in [1.29, 1.82) is 0 Å². The molecule has 3 rings (SSSR count). The Morgan fingerprint density at radius 2 is 1.62 bits per heavy atom. The highest BCUT2D eigenvalue weighted by Gasteiger charge is 2.29. The number of rotatable bonds is 9. The number of carbonyl (C=O) groups is 3. The van der Waals surface area contributed by atoms with Crippen LogP contribution in [0.5, 0.6) is 5.75 Å². The van der Waals surface area contributed by atoms with Gasteiger partial charge in [-0.2, -0.15) is 13.2 Å². The molecule has 0 aliphatic heterocycles. The number of hydrogen-bond acceptors (Lipinski definition) is 4. The summed E-state index contributed by atoms with van der Waals surface area (Å²) < 4.78 is 57.9. The zero-order valence-electron chi connectivity index (χ0n) is 20.2. The van der Waals surface area contributed by atoms with Gasteiger partial charge in [-0.15, -0.1) is 0 Å². The summed E-state index contributed by atoms with van der Waals surface area (Å²) in [7, 11) is 0. The third-order valence-corrected chi connectivity index (χ3v) is 5.78. The number of ether oxygens (including phenoxy) is 1. The van der Waals surface area contributed by atoms with E-state index in [4.69, 9.17) is 27.9 Å². The second kappa shape index (κ2) is 12.8. The Kier molecular flexibility index (Phi) is 9.76. The number of anilines is 1. The zero-order chi connectivity index (χ0) is 28.7. The van der Waals surface area contributed by atoms with Gasteiger partial charge in [-0.25, -0.2) is 4.39 Å². The van der Waals surface area contributed by atoms with Crippen molar-refractivity contribution in [2.45, 2.75) is 13.1 Å². The van der Waals surface area contributed by atoms with Gasteiger partial charge in [0, 0.05) is 36.2 Å². The molecule has 0 radical (unpaired) electrons. The van der Waals surface area contributed by atoms with Crippen LogP contribution in [0.25, 0.3) is 11.1 Å². The van der Waals surface area contributed by atoms with E-state index in [1.54, 1.807) is 0 Å². The first-order valence-corrected chi connectivity index (χ1v) is 12.0. The topological polar surface area (TPSA) is 96.5 Å². The lowest BCUT2D eigenvalue weighted by Gasteiger charge is -2.17. The van der Waals surface area contributed by atoms with Crippen LogP contribution in [0.3, 0.4) is 0 Å². The Morgan fingerprint density at radius 1 is 0.897 bits per heavy atom. The van der Waals surface area contributed by atoms with Crippen molar-refractivity contribution in [1.82, 2.24) is 10.6 Å². The molecule has 0 atom stereocenters. The van der Waals surface area contributed by atoms with Crippen molar-refractivity contribution in [3.63, 3.8) is 0 Å². The van der Waals surface area contributed by atoms with E-state index in [1.807, 2.05) is 0 Å². The molecule has 7 nitrogen and oxygen atoms in total. The molecule has 13 heteroatoms. The molecule has 0 aliphatic rings. The lowest BCUT2D eigenvalue weighted by molar-refractivity contribution is -0.153. The van der Waals surface area contributed by atoms with Gasteiger partial charge in [-0.05, 0) is 48.0 Å². The van der Waals surface area contributed by atoms with E-state index >= 15 is 0 Å². The highest BCUT2D eigenvalue weighted by Crippen LogP contribution is 2.36. The Balaban J connectivity index is 1.92. The minimum Gasteiger partial charge on any atom is -0.482 e. The molecule has 206 valence electrons. The third kappa shape index (κ3) is 8.33. The Morgan fingerprint density at radius 3 is 2.28 bits per heavy atom. The van der Waals surface area contributed by atoms with E-state index in [9.17, 15) is 31.9 Å². The first-order valence-electron chi connectivity index (χ1n) is 11.3. The first-order chi connectivity index (χ1) is 18.4. The molecule has 3 amide bonds. The standard InChI is InChI=1S/C26H21Cl2F4N3O4/c1-14(36)33-9-10-34-24(37)16-5-7-18(27)17(11-16)15-6-8-21(22(12-15)39-13-26(30,31)32)35-25(38)23-19(28)3-2-4-20(23)29/h2-8,11-12H,9-10,13H2,1H3,(H,33,36)(H,34,37)(H,35,38). The summed E-state index contributed by atoms with van der Waals surface area (Å²) in [4.78, 5) is 36.2. The second-order valence-electron chi connectivity index (χ2n) is 8.10. The summed E-state index contributed by atoms with van der Waals surface area (Å²) in [6.07, 6.45) is -4.70. The van der Waals surface area contributed by atoms with E-state index in [-0.39, 0.29) is 57.2 Å². The largest absolute Gasteiger partial charge is 0.482 e. The third-order valence-electron chi connectivity index (χ3n) is 5.14. The minimum atomic E-state index is -4.70. The molecular weight excluding hydrogens is 565 g/mol. The number of hydrogen-bond donors (Lipinski definition) is 3.